The number of benzene rings is 1. The van der Waals surface area contributed by atoms with Crippen LogP contribution in [-0.4, -0.2) is 22.4 Å². The molecular weight excluding hydrogens is 238 g/mol. The van der Waals surface area contributed by atoms with Crippen molar-refractivity contribution in [2.24, 2.45) is 0 Å². The summed E-state index contributed by atoms with van der Waals surface area (Å²) in [6, 6.07) is 4.46. The lowest BCUT2D eigenvalue weighted by Gasteiger charge is -2.02. The molecule has 0 unspecified atom stereocenters. The molecule has 4 nitrogen and oxygen atoms in total. The molecule has 1 aromatic rings. The lowest BCUT2D eigenvalue weighted by Crippen LogP contribution is -1.92. The fourth-order valence-corrected chi connectivity index (χ4v) is 2.23. The van der Waals surface area contributed by atoms with Gasteiger partial charge >= 0.3 is 0 Å². The smallest absolute Gasteiger partial charge is 0.282 e. The van der Waals surface area contributed by atoms with Crippen LogP contribution in [0.25, 0.3) is 0 Å². The summed E-state index contributed by atoms with van der Waals surface area (Å²) in [4.78, 5) is 10.8. The maximum Gasteiger partial charge on any atom is 0.282 e. The molecule has 1 N–H and O–H groups in total. The molecule has 1 aromatic carbocycles. The van der Waals surface area contributed by atoms with E-state index in [9.17, 15) is 10.1 Å². The Hall–Kier alpha value is -0.780. The van der Waals surface area contributed by atoms with Gasteiger partial charge in [0, 0.05) is 23.4 Å². The second kappa shape index (κ2) is 5.95. The van der Waals surface area contributed by atoms with Gasteiger partial charge in [0.25, 0.3) is 5.69 Å². The highest BCUT2D eigenvalue weighted by Gasteiger charge is 2.13. The lowest BCUT2D eigenvalue weighted by molar-refractivity contribution is -0.387. The second-order valence-corrected chi connectivity index (χ2v) is 4.37. The van der Waals surface area contributed by atoms with Gasteiger partial charge in [0.2, 0.25) is 0 Å². The standard InChI is InChI=1S/C9H10ClNO3S/c10-7-2-3-8(11(13)14)9(6-7)15-5-1-4-12/h2-3,6,12H,1,4-5H2. The molecule has 0 aromatic heterocycles. The molecule has 0 saturated heterocycles. The summed E-state index contributed by atoms with van der Waals surface area (Å²) >= 11 is 7.08. The third kappa shape index (κ3) is 3.70. The number of thioether (sulfide) groups is 1. The van der Waals surface area contributed by atoms with Gasteiger partial charge in [0.15, 0.2) is 0 Å². The largest absolute Gasteiger partial charge is 0.396 e. The van der Waals surface area contributed by atoms with Gasteiger partial charge in [-0.25, -0.2) is 0 Å². The van der Waals surface area contributed by atoms with Crippen molar-refractivity contribution in [2.45, 2.75) is 11.3 Å². The van der Waals surface area contributed by atoms with Crippen LogP contribution in [0.2, 0.25) is 5.02 Å². The first-order valence-electron chi connectivity index (χ1n) is 4.32. The Bertz CT molecular complexity index is 359. The number of aliphatic hydroxyl groups is 1. The Balaban J connectivity index is 2.82. The molecule has 0 amide bonds. The molecule has 0 aliphatic rings. The van der Waals surface area contributed by atoms with Crippen LogP contribution >= 0.6 is 23.4 Å². The van der Waals surface area contributed by atoms with Gasteiger partial charge in [-0.2, -0.15) is 0 Å². The highest BCUT2D eigenvalue weighted by Crippen LogP contribution is 2.31. The predicted molar refractivity (Wildman–Crippen MR) is 60.5 cm³/mol. The van der Waals surface area contributed by atoms with Crippen molar-refractivity contribution in [1.82, 2.24) is 0 Å². The molecule has 0 radical (unpaired) electrons. The minimum atomic E-state index is -0.433. The monoisotopic (exact) mass is 247 g/mol. The van der Waals surface area contributed by atoms with E-state index in [1.54, 1.807) is 6.07 Å². The molecule has 0 aliphatic carbocycles. The first kappa shape index (κ1) is 12.3. The Labute approximate surface area is 96.4 Å². The molecule has 0 saturated carbocycles. The quantitative estimate of drug-likeness (QED) is 0.376. The van der Waals surface area contributed by atoms with E-state index >= 15 is 0 Å². The second-order valence-electron chi connectivity index (χ2n) is 2.79. The molecule has 0 atom stereocenters. The van der Waals surface area contributed by atoms with Crippen LogP contribution in [0.5, 0.6) is 0 Å². The van der Waals surface area contributed by atoms with E-state index in [2.05, 4.69) is 0 Å². The van der Waals surface area contributed by atoms with Crippen LogP contribution in [0, 0.1) is 10.1 Å². The Kier molecular flexibility index (Phi) is 4.87. The maximum absolute atomic E-state index is 10.7. The van der Waals surface area contributed by atoms with E-state index < -0.39 is 4.92 Å². The Morgan fingerprint density at radius 2 is 2.27 bits per heavy atom. The molecule has 0 fully saturated rings. The zero-order valence-electron chi connectivity index (χ0n) is 7.85. The van der Waals surface area contributed by atoms with Gasteiger partial charge < -0.3 is 5.11 Å². The van der Waals surface area contributed by atoms with Crippen LogP contribution in [0.4, 0.5) is 5.69 Å². The van der Waals surface area contributed by atoms with E-state index in [0.29, 0.717) is 22.1 Å². The van der Waals surface area contributed by atoms with E-state index in [4.69, 9.17) is 16.7 Å². The van der Waals surface area contributed by atoms with Crippen molar-refractivity contribution in [3.05, 3.63) is 33.3 Å². The summed E-state index contributed by atoms with van der Waals surface area (Å²) in [6.07, 6.45) is 0.605. The van der Waals surface area contributed by atoms with Gasteiger partial charge in [-0.15, -0.1) is 11.8 Å². The fraction of sp³-hybridized carbons (Fsp3) is 0.333. The molecule has 0 heterocycles. The first-order valence-corrected chi connectivity index (χ1v) is 5.69. The van der Waals surface area contributed by atoms with Crippen LogP contribution in [0.3, 0.4) is 0 Å². The SMILES string of the molecule is O=[N+]([O-])c1ccc(Cl)cc1SCCCO. The molecule has 0 bridgehead atoms. The molecular formula is C9H10ClNO3S. The number of nitro groups is 1. The van der Waals surface area contributed by atoms with Gasteiger partial charge in [-0.1, -0.05) is 11.6 Å². The lowest BCUT2D eigenvalue weighted by atomic mass is 10.3. The number of nitro benzene ring substituents is 1. The normalized spacial score (nSPS) is 10.3. The Morgan fingerprint density at radius 3 is 2.87 bits per heavy atom. The van der Waals surface area contributed by atoms with Crippen LogP contribution in [0.1, 0.15) is 6.42 Å². The third-order valence-electron chi connectivity index (χ3n) is 1.68. The van der Waals surface area contributed by atoms with E-state index in [1.807, 2.05) is 0 Å². The predicted octanol–water partition coefficient (Wildman–Crippen LogP) is 2.72. The summed E-state index contributed by atoms with van der Waals surface area (Å²) in [6.45, 7) is 0.0847. The van der Waals surface area contributed by atoms with Gasteiger partial charge in [-0.05, 0) is 18.6 Å². The van der Waals surface area contributed by atoms with E-state index in [-0.39, 0.29) is 12.3 Å². The number of rotatable bonds is 5. The van der Waals surface area contributed by atoms with Gasteiger partial charge in [0.1, 0.15) is 0 Å². The van der Waals surface area contributed by atoms with Gasteiger partial charge in [0.05, 0.1) is 9.82 Å². The summed E-state index contributed by atoms with van der Waals surface area (Å²) < 4.78 is 0. The van der Waals surface area contributed by atoms with E-state index in [0.717, 1.165) is 0 Å². The first-order chi connectivity index (χ1) is 7.15. The number of halogens is 1. The Morgan fingerprint density at radius 1 is 1.53 bits per heavy atom. The molecule has 1 rings (SSSR count). The maximum atomic E-state index is 10.7. The summed E-state index contributed by atoms with van der Waals surface area (Å²) in [7, 11) is 0. The highest BCUT2D eigenvalue weighted by molar-refractivity contribution is 7.99. The molecule has 0 spiro atoms. The molecule has 0 aliphatic heterocycles. The summed E-state index contributed by atoms with van der Waals surface area (Å²) in [5, 5.41) is 19.7. The average molecular weight is 248 g/mol. The summed E-state index contributed by atoms with van der Waals surface area (Å²) in [5.41, 5.74) is 0.0577. The van der Waals surface area contributed by atoms with Gasteiger partial charge in [-0.3, -0.25) is 10.1 Å². The van der Waals surface area contributed by atoms with Crippen molar-refractivity contribution < 1.29 is 10.0 Å². The van der Waals surface area contributed by atoms with Crippen molar-refractivity contribution in [3.63, 3.8) is 0 Å². The fourth-order valence-electron chi connectivity index (χ4n) is 1.00. The highest BCUT2D eigenvalue weighted by atomic mass is 35.5. The topological polar surface area (TPSA) is 63.4 Å². The zero-order valence-corrected chi connectivity index (χ0v) is 9.42. The molecule has 82 valence electrons. The number of nitrogens with zero attached hydrogens (tertiary/aromatic N) is 1. The van der Waals surface area contributed by atoms with Crippen molar-refractivity contribution >= 4 is 29.1 Å². The third-order valence-corrected chi connectivity index (χ3v) is 3.04. The van der Waals surface area contributed by atoms with Crippen LogP contribution < -0.4 is 0 Å². The van der Waals surface area contributed by atoms with Crippen molar-refractivity contribution in [3.8, 4) is 0 Å². The number of aliphatic hydroxyl groups excluding tert-OH is 1. The molecule has 15 heavy (non-hydrogen) atoms. The van der Waals surface area contributed by atoms with Crippen LogP contribution in [-0.2, 0) is 0 Å². The zero-order chi connectivity index (χ0) is 11.3. The number of hydrogen-bond donors (Lipinski definition) is 1. The van der Waals surface area contributed by atoms with Crippen LogP contribution in [0.15, 0.2) is 23.1 Å². The number of hydrogen-bond acceptors (Lipinski definition) is 4. The van der Waals surface area contributed by atoms with Crippen molar-refractivity contribution in [2.75, 3.05) is 12.4 Å². The average Bonchev–Trinajstić information content (AvgIpc) is 2.18. The minimum Gasteiger partial charge on any atom is -0.396 e. The van der Waals surface area contributed by atoms with E-state index in [1.165, 1.54) is 23.9 Å². The van der Waals surface area contributed by atoms with Crippen molar-refractivity contribution in [1.29, 1.82) is 0 Å². The summed E-state index contributed by atoms with van der Waals surface area (Å²) in [5.74, 6) is 0.637. The minimum absolute atomic E-state index is 0.0577. The molecule has 6 heteroatoms.